The summed E-state index contributed by atoms with van der Waals surface area (Å²) >= 11 is 0. The molecule has 0 unspecified atom stereocenters. The Hall–Kier alpha value is -0.790. The molecule has 2 heteroatoms. The molecule has 0 aromatic carbocycles. The van der Waals surface area contributed by atoms with E-state index in [2.05, 4.69) is 42.3 Å². The highest BCUT2D eigenvalue weighted by molar-refractivity contribution is 4.84. The summed E-state index contributed by atoms with van der Waals surface area (Å²) in [7, 11) is 0. The summed E-state index contributed by atoms with van der Waals surface area (Å²) in [5.41, 5.74) is 0. The molecule has 0 amide bonds. The Balaban J connectivity index is 2.28. The standard InChI is InChI=1S/C29H57N2/c1-4-7-10-13-14-15-16-17-18-20-23-26-31-28-27-30(25-22-12-9-6-3)29(31)24-21-19-11-8-5-2/h27-28H,4-26H2,1-3H3/q+1. The van der Waals surface area contributed by atoms with Gasteiger partial charge in [0.2, 0.25) is 0 Å². The van der Waals surface area contributed by atoms with Crippen molar-refractivity contribution in [3.05, 3.63) is 18.2 Å². The van der Waals surface area contributed by atoms with Gasteiger partial charge >= 0.3 is 0 Å². The Kier molecular flexibility index (Phi) is 19.2. The molecule has 182 valence electrons. The molecule has 1 heterocycles. The Labute approximate surface area is 196 Å². The smallest absolute Gasteiger partial charge is 0.234 e. The predicted molar refractivity (Wildman–Crippen MR) is 138 cm³/mol. The third-order valence-electron chi connectivity index (χ3n) is 6.85. The van der Waals surface area contributed by atoms with Gasteiger partial charge in [0.15, 0.2) is 0 Å². The van der Waals surface area contributed by atoms with Crippen LogP contribution in [0.25, 0.3) is 0 Å². The minimum Gasteiger partial charge on any atom is -0.234 e. The molecule has 0 N–H and O–H groups in total. The van der Waals surface area contributed by atoms with Crippen LogP contribution in [-0.4, -0.2) is 4.57 Å². The first-order valence-electron chi connectivity index (χ1n) is 14.4. The summed E-state index contributed by atoms with van der Waals surface area (Å²) in [6.45, 7) is 9.36. The van der Waals surface area contributed by atoms with Gasteiger partial charge in [-0.3, -0.25) is 0 Å². The van der Waals surface area contributed by atoms with Gasteiger partial charge in [0.1, 0.15) is 12.4 Å². The van der Waals surface area contributed by atoms with Crippen LogP contribution < -0.4 is 4.57 Å². The van der Waals surface area contributed by atoms with E-state index in [0.29, 0.717) is 0 Å². The zero-order valence-electron chi connectivity index (χ0n) is 21.8. The van der Waals surface area contributed by atoms with Crippen LogP contribution in [0.5, 0.6) is 0 Å². The lowest BCUT2D eigenvalue weighted by atomic mass is 10.1. The van der Waals surface area contributed by atoms with E-state index < -0.39 is 0 Å². The van der Waals surface area contributed by atoms with Crippen molar-refractivity contribution in [1.82, 2.24) is 4.57 Å². The lowest BCUT2D eigenvalue weighted by molar-refractivity contribution is -0.704. The number of nitrogens with zero attached hydrogens (tertiary/aromatic N) is 2. The molecule has 1 rings (SSSR count). The van der Waals surface area contributed by atoms with Crippen LogP contribution >= 0.6 is 0 Å². The molecular weight excluding hydrogens is 376 g/mol. The van der Waals surface area contributed by atoms with Crippen molar-refractivity contribution in [1.29, 1.82) is 0 Å². The fourth-order valence-electron chi connectivity index (χ4n) is 4.73. The van der Waals surface area contributed by atoms with Crippen molar-refractivity contribution in [2.75, 3.05) is 0 Å². The third kappa shape index (κ3) is 14.8. The first-order valence-corrected chi connectivity index (χ1v) is 14.4. The van der Waals surface area contributed by atoms with E-state index in [1.165, 1.54) is 148 Å². The van der Waals surface area contributed by atoms with Crippen molar-refractivity contribution in [3.8, 4) is 0 Å². The predicted octanol–water partition coefficient (Wildman–Crippen LogP) is 9.18. The lowest BCUT2D eigenvalue weighted by Crippen LogP contribution is -2.37. The van der Waals surface area contributed by atoms with Crippen molar-refractivity contribution in [2.24, 2.45) is 0 Å². The number of aromatic nitrogens is 2. The van der Waals surface area contributed by atoms with E-state index in [1.807, 2.05) is 0 Å². The van der Waals surface area contributed by atoms with E-state index in [-0.39, 0.29) is 0 Å². The second-order valence-electron chi connectivity index (χ2n) is 9.86. The third-order valence-corrected chi connectivity index (χ3v) is 6.85. The Morgan fingerprint density at radius 2 is 1.00 bits per heavy atom. The van der Waals surface area contributed by atoms with Gasteiger partial charge in [0.05, 0.1) is 13.1 Å². The van der Waals surface area contributed by atoms with Gasteiger partial charge in [0, 0.05) is 6.42 Å². The van der Waals surface area contributed by atoms with Crippen molar-refractivity contribution >= 4 is 0 Å². The van der Waals surface area contributed by atoms with E-state index in [9.17, 15) is 0 Å². The number of imidazole rings is 1. The van der Waals surface area contributed by atoms with Crippen LogP contribution in [0.3, 0.4) is 0 Å². The molecule has 0 spiro atoms. The molecule has 1 aromatic heterocycles. The topological polar surface area (TPSA) is 8.81 Å². The van der Waals surface area contributed by atoms with Gasteiger partial charge in [-0.1, -0.05) is 117 Å². The Morgan fingerprint density at radius 1 is 0.548 bits per heavy atom. The lowest BCUT2D eigenvalue weighted by Gasteiger charge is -2.07. The van der Waals surface area contributed by atoms with Gasteiger partial charge in [-0.25, -0.2) is 9.13 Å². The van der Waals surface area contributed by atoms with Crippen LogP contribution in [0.2, 0.25) is 0 Å². The Bertz CT molecular complexity index is 491. The van der Waals surface area contributed by atoms with Gasteiger partial charge < -0.3 is 0 Å². The summed E-state index contributed by atoms with van der Waals surface area (Å²) in [4.78, 5) is 0. The maximum absolute atomic E-state index is 2.59. The van der Waals surface area contributed by atoms with Crippen molar-refractivity contribution in [3.63, 3.8) is 0 Å². The molecule has 0 bridgehead atoms. The maximum Gasteiger partial charge on any atom is 0.256 e. The molecule has 0 saturated carbocycles. The van der Waals surface area contributed by atoms with E-state index in [0.717, 1.165) is 0 Å². The molecule has 0 aliphatic rings. The van der Waals surface area contributed by atoms with Gasteiger partial charge in [-0.05, 0) is 32.1 Å². The second kappa shape index (κ2) is 21.1. The highest BCUT2D eigenvalue weighted by Crippen LogP contribution is 2.13. The maximum atomic E-state index is 2.59. The fraction of sp³-hybridized carbons (Fsp3) is 0.897. The van der Waals surface area contributed by atoms with E-state index >= 15 is 0 Å². The first-order chi connectivity index (χ1) is 15.3. The Morgan fingerprint density at radius 3 is 1.55 bits per heavy atom. The molecule has 0 aliphatic heterocycles. The van der Waals surface area contributed by atoms with E-state index in [4.69, 9.17) is 0 Å². The molecule has 0 atom stereocenters. The summed E-state index contributed by atoms with van der Waals surface area (Å²) in [5.74, 6) is 1.60. The van der Waals surface area contributed by atoms with Crippen molar-refractivity contribution < 1.29 is 4.57 Å². The SMILES string of the molecule is CCCCCCCCCCCCCn1cc[n+](CCCCCC)c1CCCCCCC. The van der Waals surface area contributed by atoms with Crippen molar-refractivity contribution in [2.45, 2.75) is 169 Å². The summed E-state index contributed by atoms with van der Waals surface area (Å²) < 4.78 is 5.17. The van der Waals surface area contributed by atoms with Crippen LogP contribution in [0.1, 0.15) is 155 Å². The summed E-state index contributed by atoms with van der Waals surface area (Å²) in [5, 5.41) is 0. The molecule has 0 aliphatic carbocycles. The normalized spacial score (nSPS) is 11.5. The molecule has 0 radical (unpaired) electrons. The molecule has 2 nitrogen and oxygen atoms in total. The van der Waals surface area contributed by atoms with Crippen LogP contribution in [-0.2, 0) is 19.5 Å². The second-order valence-corrected chi connectivity index (χ2v) is 9.86. The summed E-state index contributed by atoms with van der Waals surface area (Å²) in [6, 6.07) is 0. The van der Waals surface area contributed by atoms with Crippen LogP contribution in [0.4, 0.5) is 0 Å². The minimum atomic E-state index is 1.22. The number of unbranched alkanes of at least 4 members (excludes halogenated alkanes) is 17. The van der Waals surface area contributed by atoms with Gasteiger partial charge in [-0.2, -0.15) is 0 Å². The first kappa shape index (κ1) is 28.2. The van der Waals surface area contributed by atoms with E-state index in [1.54, 1.807) is 5.82 Å². The van der Waals surface area contributed by atoms with Gasteiger partial charge in [-0.15, -0.1) is 0 Å². The number of hydrogen-bond donors (Lipinski definition) is 0. The van der Waals surface area contributed by atoms with Crippen LogP contribution in [0.15, 0.2) is 12.4 Å². The molecule has 31 heavy (non-hydrogen) atoms. The van der Waals surface area contributed by atoms with Gasteiger partial charge in [0.25, 0.3) is 5.82 Å². The number of rotatable bonds is 23. The average Bonchev–Trinajstić information content (AvgIpc) is 3.16. The molecule has 1 aromatic rings. The summed E-state index contributed by atoms with van der Waals surface area (Å²) in [6.07, 6.45) is 34.0. The minimum absolute atomic E-state index is 1.22. The average molecular weight is 434 g/mol. The number of hydrogen-bond acceptors (Lipinski definition) is 0. The quantitative estimate of drug-likeness (QED) is 0.120. The molecule has 0 saturated heterocycles. The monoisotopic (exact) mass is 433 g/mol. The highest BCUT2D eigenvalue weighted by Gasteiger charge is 2.16. The molecule has 0 fully saturated rings. The zero-order chi connectivity index (χ0) is 22.4. The number of aryl methyl sites for hydroxylation is 2. The largest absolute Gasteiger partial charge is 0.256 e. The zero-order valence-corrected chi connectivity index (χ0v) is 21.8. The molecular formula is C29H57N2+. The van der Waals surface area contributed by atoms with Crippen LogP contribution in [0, 0.1) is 0 Å². The highest BCUT2D eigenvalue weighted by atomic mass is 15.1. The fourth-order valence-corrected chi connectivity index (χ4v) is 4.73.